The molecule has 4 heterocycles. The molecule has 3 N–H and O–H groups in total. The standard InChI is InChI=1S/C32H33F2N4O6PS/c1-18-12-19(15-35)6-9-24(18)21-16-37(17-21)31(41)26-10-8-23-4-2-3-5-25(30(40)38(23)26)36-29(39)28-14-20-13-22(7-11-27(20)46-28)32(33,34)45(42,43)44/h6-7,9,11-14,21,23,25-26H,2-5,8,10,16-17H2,1H3,(H,36,39)(H2,42,43,44)/t23-,25-,26-/m0/s1. The summed E-state index contributed by atoms with van der Waals surface area (Å²) in [6.07, 6.45) is 3.97. The molecule has 0 aliphatic carbocycles. The summed E-state index contributed by atoms with van der Waals surface area (Å²) in [4.78, 5) is 62.8. The van der Waals surface area contributed by atoms with Crippen molar-refractivity contribution in [1.29, 1.82) is 5.26 Å². The number of aryl methyl sites for hydroxylation is 1. The predicted octanol–water partition coefficient (Wildman–Crippen LogP) is 4.97. The van der Waals surface area contributed by atoms with Gasteiger partial charge in [-0.3, -0.25) is 18.9 Å². The van der Waals surface area contributed by atoms with Gasteiger partial charge in [-0.15, -0.1) is 11.3 Å². The molecule has 1 aromatic heterocycles. The van der Waals surface area contributed by atoms with Gasteiger partial charge in [0.05, 0.1) is 16.5 Å². The van der Waals surface area contributed by atoms with Crippen molar-refractivity contribution in [2.75, 3.05) is 13.1 Å². The van der Waals surface area contributed by atoms with Crippen LogP contribution >= 0.6 is 18.9 Å². The second kappa shape index (κ2) is 12.2. The Morgan fingerprint density at radius 1 is 1.07 bits per heavy atom. The number of halogens is 2. The van der Waals surface area contributed by atoms with Gasteiger partial charge in [-0.25, -0.2) is 0 Å². The topological polar surface area (TPSA) is 151 Å². The molecule has 14 heteroatoms. The van der Waals surface area contributed by atoms with E-state index in [2.05, 4.69) is 11.4 Å². The summed E-state index contributed by atoms with van der Waals surface area (Å²) in [6.45, 7) is 3.02. The van der Waals surface area contributed by atoms with Crippen LogP contribution in [0.3, 0.4) is 0 Å². The average Bonchev–Trinajstić information content (AvgIpc) is 3.60. The first kappa shape index (κ1) is 32.3. The highest BCUT2D eigenvalue weighted by Gasteiger charge is 2.50. The summed E-state index contributed by atoms with van der Waals surface area (Å²) in [7, 11) is -5.76. The third-order valence-corrected chi connectivity index (χ3v) is 11.5. The second-order valence-corrected chi connectivity index (χ2v) is 15.1. The predicted molar refractivity (Wildman–Crippen MR) is 166 cm³/mol. The number of fused-ring (bicyclic) bond motifs is 2. The van der Waals surface area contributed by atoms with E-state index in [0.29, 0.717) is 49.0 Å². The fourth-order valence-electron chi connectivity index (χ4n) is 6.92. The van der Waals surface area contributed by atoms with Gasteiger partial charge in [0.1, 0.15) is 12.1 Å². The maximum absolute atomic E-state index is 14.3. The minimum atomic E-state index is -5.76. The number of nitrogens with one attached hydrogen (secondary N) is 1. The van der Waals surface area contributed by atoms with Gasteiger partial charge in [-0.1, -0.05) is 25.0 Å². The van der Waals surface area contributed by atoms with Crippen LogP contribution in [-0.2, 0) is 19.8 Å². The lowest BCUT2D eigenvalue weighted by Crippen LogP contribution is -2.59. The molecule has 0 saturated carbocycles. The quantitative estimate of drug-likeness (QED) is 0.314. The van der Waals surface area contributed by atoms with E-state index in [1.54, 1.807) is 15.9 Å². The molecule has 0 spiro atoms. The van der Waals surface area contributed by atoms with Gasteiger partial charge >= 0.3 is 13.3 Å². The summed E-state index contributed by atoms with van der Waals surface area (Å²) in [6, 6.07) is 10.6. The minimum Gasteiger partial charge on any atom is -0.340 e. The molecule has 2 aromatic carbocycles. The van der Waals surface area contributed by atoms with Crippen molar-refractivity contribution in [1.82, 2.24) is 15.1 Å². The van der Waals surface area contributed by atoms with Crippen molar-refractivity contribution in [3.05, 3.63) is 69.6 Å². The lowest BCUT2D eigenvalue weighted by Gasteiger charge is -2.43. The normalized spacial score (nSPS) is 22.5. The Morgan fingerprint density at radius 3 is 2.50 bits per heavy atom. The van der Waals surface area contributed by atoms with Gasteiger partial charge < -0.3 is 24.9 Å². The second-order valence-electron chi connectivity index (χ2n) is 12.4. The SMILES string of the molecule is Cc1cc(C#N)ccc1C1CN(C(=O)[C@@H]2CC[C@@H]3CCCC[C@H](NC(=O)c4cc5cc(C(F)(F)P(=O)(O)O)ccc5s4)C(=O)N32)C1. The Kier molecular flexibility index (Phi) is 8.52. The van der Waals surface area contributed by atoms with E-state index in [1.807, 2.05) is 19.1 Å². The molecule has 10 nitrogen and oxygen atoms in total. The molecular weight excluding hydrogens is 637 g/mol. The van der Waals surface area contributed by atoms with Crippen LogP contribution in [0, 0.1) is 18.3 Å². The number of carbonyl (C=O) groups is 3. The average molecular weight is 671 g/mol. The van der Waals surface area contributed by atoms with E-state index in [4.69, 9.17) is 15.0 Å². The highest BCUT2D eigenvalue weighted by atomic mass is 32.1. The molecule has 3 saturated heterocycles. The monoisotopic (exact) mass is 670 g/mol. The third kappa shape index (κ3) is 5.84. The van der Waals surface area contributed by atoms with Gasteiger partial charge in [-0.05, 0) is 79.5 Å². The molecule has 3 aliphatic rings. The van der Waals surface area contributed by atoms with Gasteiger partial charge in [0, 0.05) is 35.3 Å². The molecule has 46 heavy (non-hydrogen) atoms. The summed E-state index contributed by atoms with van der Waals surface area (Å²) in [5.41, 5.74) is -2.54. The van der Waals surface area contributed by atoms with Crippen molar-refractivity contribution in [3.63, 3.8) is 0 Å². The van der Waals surface area contributed by atoms with Crippen molar-refractivity contribution >= 4 is 46.7 Å². The number of hydrogen-bond acceptors (Lipinski definition) is 6. The molecule has 6 rings (SSSR count). The first-order valence-electron chi connectivity index (χ1n) is 15.2. The van der Waals surface area contributed by atoms with Gasteiger partial charge in [0.2, 0.25) is 11.8 Å². The molecule has 0 bridgehead atoms. The molecule has 242 valence electrons. The Morgan fingerprint density at radius 2 is 1.80 bits per heavy atom. The Hall–Kier alpha value is -3.69. The summed E-state index contributed by atoms with van der Waals surface area (Å²) in [5.74, 6) is -0.815. The first-order valence-corrected chi connectivity index (χ1v) is 17.6. The molecule has 3 amide bonds. The largest absolute Gasteiger partial charge is 0.399 e. The molecule has 3 aromatic rings. The number of rotatable bonds is 6. The van der Waals surface area contributed by atoms with Crippen LogP contribution in [0.2, 0.25) is 0 Å². The number of thiophene rings is 1. The van der Waals surface area contributed by atoms with Crippen molar-refractivity contribution in [3.8, 4) is 6.07 Å². The smallest absolute Gasteiger partial charge is 0.340 e. The van der Waals surface area contributed by atoms with Gasteiger partial charge in [0.15, 0.2) is 0 Å². The number of carbonyl (C=O) groups excluding carboxylic acids is 3. The number of alkyl halides is 2. The maximum atomic E-state index is 14.3. The molecule has 0 radical (unpaired) electrons. The van der Waals surface area contributed by atoms with Crippen LogP contribution in [-0.4, -0.2) is 68.5 Å². The summed E-state index contributed by atoms with van der Waals surface area (Å²) < 4.78 is 40.3. The maximum Gasteiger partial charge on any atom is 0.399 e. The summed E-state index contributed by atoms with van der Waals surface area (Å²) >= 11 is 1.02. The molecule has 3 aliphatic heterocycles. The molecule has 3 atom stereocenters. The van der Waals surface area contributed by atoms with Crippen molar-refractivity contribution in [2.24, 2.45) is 0 Å². The Bertz CT molecular complexity index is 1810. The van der Waals surface area contributed by atoms with E-state index in [9.17, 15) is 27.7 Å². The van der Waals surface area contributed by atoms with Crippen LogP contribution < -0.4 is 5.32 Å². The zero-order chi connectivity index (χ0) is 33.0. The fourth-order valence-corrected chi connectivity index (χ4v) is 8.34. The third-order valence-electron chi connectivity index (χ3n) is 9.41. The van der Waals surface area contributed by atoms with Crippen molar-refractivity contribution in [2.45, 2.75) is 75.2 Å². The van der Waals surface area contributed by atoms with E-state index < -0.39 is 36.8 Å². The molecule has 0 unspecified atom stereocenters. The first-order chi connectivity index (χ1) is 21.8. The zero-order valence-corrected chi connectivity index (χ0v) is 26.7. The van der Waals surface area contributed by atoms with Crippen LogP contribution in [0.25, 0.3) is 10.1 Å². The van der Waals surface area contributed by atoms with Gasteiger partial charge in [0.25, 0.3) is 5.91 Å². The van der Waals surface area contributed by atoms with Gasteiger partial charge in [-0.2, -0.15) is 14.0 Å². The highest BCUT2D eigenvalue weighted by molar-refractivity contribution is 7.52. The minimum absolute atomic E-state index is 0.0996. The lowest BCUT2D eigenvalue weighted by molar-refractivity contribution is -0.149. The van der Waals surface area contributed by atoms with Crippen LogP contribution in [0.5, 0.6) is 0 Å². The Labute approximate surface area is 268 Å². The number of amides is 3. The molecule has 3 fully saturated rings. The van der Waals surface area contributed by atoms with Crippen molar-refractivity contribution < 1.29 is 37.5 Å². The van der Waals surface area contributed by atoms with E-state index in [-0.39, 0.29) is 34.0 Å². The number of hydrogen-bond donors (Lipinski definition) is 3. The van der Waals surface area contributed by atoms with Crippen LogP contribution in [0.1, 0.15) is 76.4 Å². The summed E-state index contributed by atoms with van der Waals surface area (Å²) in [5, 5.41) is 12.2. The van der Waals surface area contributed by atoms with Crippen LogP contribution in [0.15, 0.2) is 42.5 Å². The number of nitrogens with zero attached hydrogens (tertiary/aromatic N) is 3. The molecular formula is C32H33F2N4O6PS. The van der Waals surface area contributed by atoms with E-state index in [0.717, 1.165) is 47.4 Å². The Balaban J connectivity index is 1.15. The fraction of sp³-hybridized carbons (Fsp3) is 0.438. The van der Waals surface area contributed by atoms with Crippen LogP contribution in [0.4, 0.5) is 8.78 Å². The number of likely N-dealkylation sites (tertiary alicyclic amines) is 1. The number of nitriles is 1. The highest BCUT2D eigenvalue weighted by Crippen LogP contribution is 2.59. The number of benzene rings is 2. The zero-order valence-electron chi connectivity index (χ0n) is 25.0. The van der Waals surface area contributed by atoms with E-state index in [1.165, 1.54) is 12.1 Å². The lowest BCUT2D eigenvalue weighted by atomic mass is 9.87. The van der Waals surface area contributed by atoms with E-state index >= 15 is 0 Å².